The van der Waals surface area contributed by atoms with E-state index in [2.05, 4.69) is 10.3 Å². The Labute approximate surface area is 128 Å². The van der Waals surface area contributed by atoms with Gasteiger partial charge in [0.05, 0.1) is 11.9 Å². The van der Waals surface area contributed by atoms with Crippen LogP contribution >= 0.6 is 11.6 Å². The second-order valence-electron chi connectivity index (χ2n) is 4.61. The van der Waals surface area contributed by atoms with E-state index in [1.807, 2.05) is 31.2 Å². The highest BCUT2D eigenvalue weighted by Crippen LogP contribution is 2.17. The van der Waals surface area contributed by atoms with E-state index in [4.69, 9.17) is 17.3 Å². The van der Waals surface area contributed by atoms with Crippen LogP contribution in [0.3, 0.4) is 0 Å². The maximum Gasteiger partial charge on any atom is 0.244 e. The zero-order valence-corrected chi connectivity index (χ0v) is 12.6. The summed E-state index contributed by atoms with van der Waals surface area (Å²) in [5.41, 5.74) is 7.06. The number of aromatic nitrogens is 3. The van der Waals surface area contributed by atoms with Gasteiger partial charge in [-0.3, -0.25) is 4.79 Å². The summed E-state index contributed by atoms with van der Waals surface area (Å²) >= 11 is 6.13. The third-order valence-corrected chi connectivity index (χ3v) is 3.51. The van der Waals surface area contributed by atoms with E-state index in [0.717, 1.165) is 5.56 Å². The smallest absolute Gasteiger partial charge is 0.244 e. The van der Waals surface area contributed by atoms with Crippen LogP contribution in [0, 0.1) is 0 Å². The first kappa shape index (κ1) is 15.5. The molecule has 0 unspecified atom stereocenters. The molecule has 112 valence electrons. The van der Waals surface area contributed by atoms with Gasteiger partial charge in [0.1, 0.15) is 6.54 Å². The van der Waals surface area contributed by atoms with Crippen molar-refractivity contribution < 1.29 is 4.79 Å². The highest BCUT2D eigenvalue weighted by atomic mass is 35.5. The zero-order valence-electron chi connectivity index (χ0n) is 11.9. The highest BCUT2D eigenvalue weighted by Gasteiger charge is 2.15. The number of benzene rings is 1. The maximum atomic E-state index is 12.3. The van der Waals surface area contributed by atoms with Gasteiger partial charge in [-0.25, -0.2) is 4.68 Å². The lowest BCUT2D eigenvalue weighted by Gasteiger charge is -2.21. The molecule has 2 aromatic rings. The minimum absolute atomic E-state index is 0.0362. The molecule has 1 aromatic carbocycles. The summed E-state index contributed by atoms with van der Waals surface area (Å²) in [6.07, 6.45) is 1.68. The van der Waals surface area contributed by atoms with Crippen molar-refractivity contribution in [2.45, 2.75) is 26.6 Å². The predicted octanol–water partition coefficient (Wildman–Crippen LogP) is 1.44. The van der Waals surface area contributed by atoms with Crippen molar-refractivity contribution in [3.05, 3.63) is 46.7 Å². The van der Waals surface area contributed by atoms with E-state index >= 15 is 0 Å². The van der Waals surface area contributed by atoms with E-state index < -0.39 is 0 Å². The number of nitrogens with two attached hydrogens (primary N) is 1. The normalized spacial score (nSPS) is 10.6. The summed E-state index contributed by atoms with van der Waals surface area (Å²) in [7, 11) is 0. The SMILES string of the molecule is CCN(Cc1ccccc1Cl)C(=O)Cn1cc(CN)nn1. The molecule has 0 aliphatic carbocycles. The van der Waals surface area contributed by atoms with Gasteiger partial charge in [0.2, 0.25) is 5.91 Å². The van der Waals surface area contributed by atoms with Crippen molar-refractivity contribution in [2.75, 3.05) is 6.54 Å². The molecule has 6 nitrogen and oxygen atoms in total. The number of rotatable bonds is 6. The van der Waals surface area contributed by atoms with Gasteiger partial charge in [-0.1, -0.05) is 35.0 Å². The van der Waals surface area contributed by atoms with Gasteiger partial charge in [0.15, 0.2) is 0 Å². The number of carbonyl (C=O) groups excluding carboxylic acids is 1. The molecular weight excluding hydrogens is 290 g/mol. The van der Waals surface area contributed by atoms with Crippen LogP contribution in [0.2, 0.25) is 5.02 Å². The Bertz CT molecular complexity index is 613. The van der Waals surface area contributed by atoms with Gasteiger partial charge in [0.25, 0.3) is 0 Å². The van der Waals surface area contributed by atoms with Gasteiger partial charge < -0.3 is 10.6 Å². The topological polar surface area (TPSA) is 77.0 Å². The highest BCUT2D eigenvalue weighted by molar-refractivity contribution is 6.31. The Balaban J connectivity index is 2.03. The summed E-state index contributed by atoms with van der Waals surface area (Å²) in [5.74, 6) is -0.0362. The Morgan fingerprint density at radius 3 is 2.81 bits per heavy atom. The van der Waals surface area contributed by atoms with Crippen LogP contribution in [0.1, 0.15) is 18.2 Å². The number of halogens is 1. The standard InChI is InChI=1S/C14H18ClN5O/c1-2-19(8-11-5-3-4-6-13(11)15)14(21)10-20-9-12(7-16)17-18-20/h3-6,9H,2,7-8,10,16H2,1H3. The lowest BCUT2D eigenvalue weighted by molar-refractivity contribution is -0.132. The average molecular weight is 308 g/mol. The van der Waals surface area contributed by atoms with Crippen molar-refractivity contribution >= 4 is 17.5 Å². The molecule has 1 aromatic heterocycles. The summed E-state index contributed by atoms with van der Waals surface area (Å²) in [4.78, 5) is 14.0. The van der Waals surface area contributed by atoms with Crippen LogP contribution < -0.4 is 5.73 Å². The minimum Gasteiger partial charge on any atom is -0.337 e. The molecule has 0 saturated carbocycles. The van der Waals surface area contributed by atoms with Gasteiger partial charge >= 0.3 is 0 Å². The average Bonchev–Trinajstić information content (AvgIpc) is 2.94. The van der Waals surface area contributed by atoms with Crippen LogP contribution in [0.25, 0.3) is 0 Å². The summed E-state index contributed by atoms with van der Waals surface area (Å²) in [6.45, 7) is 3.47. The van der Waals surface area contributed by atoms with Gasteiger partial charge in [-0.15, -0.1) is 5.10 Å². The van der Waals surface area contributed by atoms with Gasteiger partial charge in [-0.2, -0.15) is 0 Å². The molecule has 2 rings (SSSR count). The lowest BCUT2D eigenvalue weighted by atomic mass is 10.2. The van der Waals surface area contributed by atoms with E-state index in [-0.39, 0.29) is 12.5 Å². The summed E-state index contributed by atoms with van der Waals surface area (Å²) in [5, 5.41) is 8.41. The van der Waals surface area contributed by atoms with Crippen molar-refractivity contribution in [1.29, 1.82) is 0 Å². The largest absolute Gasteiger partial charge is 0.337 e. The van der Waals surface area contributed by atoms with Crippen LogP contribution in [0.4, 0.5) is 0 Å². The van der Waals surface area contributed by atoms with Crippen LogP contribution in [0.15, 0.2) is 30.5 Å². The van der Waals surface area contributed by atoms with E-state index in [1.165, 1.54) is 4.68 Å². The first-order chi connectivity index (χ1) is 10.1. The molecule has 0 spiro atoms. The first-order valence-corrected chi connectivity index (χ1v) is 7.12. The molecule has 1 heterocycles. The fourth-order valence-corrected chi connectivity index (χ4v) is 2.15. The van der Waals surface area contributed by atoms with Crippen molar-refractivity contribution in [1.82, 2.24) is 19.9 Å². The third kappa shape index (κ3) is 4.03. The molecule has 7 heteroatoms. The van der Waals surface area contributed by atoms with Gasteiger partial charge in [-0.05, 0) is 18.6 Å². The number of likely N-dealkylation sites (N-methyl/N-ethyl adjacent to an activating group) is 1. The van der Waals surface area contributed by atoms with Crippen molar-refractivity contribution in [2.24, 2.45) is 5.73 Å². The Hall–Kier alpha value is -1.92. The maximum absolute atomic E-state index is 12.3. The van der Waals surface area contributed by atoms with E-state index in [1.54, 1.807) is 11.1 Å². The third-order valence-electron chi connectivity index (χ3n) is 3.15. The molecule has 0 fully saturated rings. The van der Waals surface area contributed by atoms with E-state index in [9.17, 15) is 4.79 Å². The monoisotopic (exact) mass is 307 g/mol. The molecule has 0 bridgehead atoms. The van der Waals surface area contributed by atoms with Crippen molar-refractivity contribution in [3.8, 4) is 0 Å². The number of amides is 1. The predicted molar refractivity (Wildman–Crippen MR) is 80.5 cm³/mol. The molecule has 0 atom stereocenters. The first-order valence-electron chi connectivity index (χ1n) is 6.74. The van der Waals surface area contributed by atoms with Crippen molar-refractivity contribution in [3.63, 3.8) is 0 Å². The van der Waals surface area contributed by atoms with Crippen LogP contribution in [-0.2, 0) is 24.4 Å². The second-order valence-corrected chi connectivity index (χ2v) is 5.02. The Morgan fingerprint density at radius 1 is 1.43 bits per heavy atom. The van der Waals surface area contributed by atoms with Gasteiger partial charge in [0, 0.05) is 24.7 Å². The molecule has 21 heavy (non-hydrogen) atoms. The van der Waals surface area contributed by atoms with E-state index in [0.29, 0.717) is 30.4 Å². The molecular formula is C14H18ClN5O. The fraction of sp³-hybridized carbons (Fsp3) is 0.357. The molecule has 2 N–H and O–H groups in total. The summed E-state index contributed by atoms with van der Waals surface area (Å²) < 4.78 is 1.50. The quantitative estimate of drug-likeness (QED) is 0.876. The minimum atomic E-state index is -0.0362. The fourth-order valence-electron chi connectivity index (χ4n) is 1.96. The molecule has 0 saturated heterocycles. The molecule has 0 radical (unpaired) electrons. The number of hydrogen-bond acceptors (Lipinski definition) is 4. The number of nitrogens with zero attached hydrogens (tertiary/aromatic N) is 4. The number of carbonyl (C=O) groups is 1. The molecule has 1 amide bonds. The lowest BCUT2D eigenvalue weighted by Crippen LogP contribution is -2.33. The summed E-state index contributed by atoms with van der Waals surface area (Å²) in [6, 6.07) is 7.51. The van der Waals surface area contributed by atoms with Crippen LogP contribution in [0.5, 0.6) is 0 Å². The molecule has 0 aliphatic rings. The number of hydrogen-bond donors (Lipinski definition) is 1. The van der Waals surface area contributed by atoms with Crippen LogP contribution in [-0.4, -0.2) is 32.3 Å². The molecule has 0 aliphatic heterocycles. The zero-order chi connectivity index (χ0) is 15.2. The second kappa shape index (κ2) is 7.19. The Kier molecular flexibility index (Phi) is 5.30. The Morgan fingerprint density at radius 2 is 2.19 bits per heavy atom.